The molecule has 0 saturated heterocycles. The van der Waals surface area contributed by atoms with Crippen LogP contribution in [0.1, 0.15) is 13.3 Å². The second-order valence-electron chi connectivity index (χ2n) is 4.46. The Morgan fingerprint density at radius 3 is 2.95 bits per heavy atom. The zero-order valence-corrected chi connectivity index (χ0v) is 13.7. The molecular weight excluding hydrogens is 328 g/mol. The molecule has 1 heterocycles. The van der Waals surface area contributed by atoms with Crippen molar-refractivity contribution in [2.75, 3.05) is 13.2 Å². The molecule has 2 atom stereocenters. The quantitative estimate of drug-likeness (QED) is 0.164. The van der Waals surface area contributed by atoms with Crippen LogP contribution >= 0.6 is 22.7 Å². The lowest BCUT2D eigenvalue weighted by molar-refractivity contribution is -0.135. The van der Waals surface area contributed by atoms with Crippen molar-refractivity contribution in [3.05, 3.63) is 36.0 Å². The Kier molecular flexibility index (Phi) is 8.98. The number of allylic oxidation sites excluding steroid dienone is 2. The summed E-state index contributed by atoms with van der Waals surface area (Å²) in [5, 5.41) is 9.64. The predicted octanol–water partition coefficient (Wildman–Crippen LogP) is 1.77. The highest BCUT2D eigenvalue weighted by atomic mass is 33.1. The Morgan fingerprint density at radius 1 is 1.59 bits per heavy atom. The highest BCUT2D eigenvalue weighted by Crippen LogP contribution is 2.12. The number of aliphatic hydroxyl groups excluding tert-OH is 1. The van der Waals surface area contributed by atoms with Gasteiger partial charge in [-0.1, -0.05) is 29.9 Å². The van der Waals surface area contributed by atoms with Gasteiger partial charge in [0, 0.05) is 12.2 Å². The van der Waals surface area contributed by atoms with E-state index in [1.807, 2.05) is 0 Å². The van der Waals surface area contributed by atoms with Crippen molar-refractivity contribution >= 4 is 34.7 Å². The largest absolute Gasteiger partial charge is 0.458 e. The zero-order chi connectivity index (χ0) is 16.4. The number of cyclic esters (lactones) is 1. The second-order valence-corrected chi connectivity index (χ2v) is 5.22. The fourth-order valence-corrected chi connectivity index (χ4v) is 1.96. The Labute approximate surface area is 138 Å². The standard InChI is InChI=1S/C14H18O6S2/c1-10(15)12(4-2-3-5-13(16)20-22-21)18-7-6-11-8-14(17)19-9-11/h2-5,8,10,12,15,21H,6-7,9H2,1H3/b4-2+,5-3-/t10?,12-/m1/s1. The van der Waals surface area contributed by atoms with Crippen LogP contribution in [0.2, 0.25) is 0 Å². The summed E-state index contributed by atoms with van der Waals surface area (Å²) in [7, 11) is 0. The summed E-state index contributed by atoms with van der Waals surface area (Å²) in [5.41, 5.74) is 0.866. The van der Waals surface area contributed by atoms with E-state index in [9.17, 15) is 14.7 Å². The van der Waals surface area contributed by atoms with E-state index < -0.39 is 18.2 Å². The van der Waals surface area contributed by atoms with E-state index in [1.54, 1.807) is 19.1 Å². The minimum atomic E-state index is -0.708. The van der Waals surface area contributed by atoms with E-state index >= 15 is 0 Å². The molecule has 6 nitrogen and oxygen atoms in total. The van der Waals surface area contributed by atoms with Crippen LogP contribution in [0.5, 0.6) is 0 Å². The van der Waals surface area contributed by atoms with Gasteiger partial charge in [0.1, 0.15) is 23.8 Å². The summed E-state index contributed by atoms with van der Waals surface area (Å²) in [5.74, 6) is -0.865. The van der Waals surface area contributed by atoms with E-state index in [1.165, 1.54) is 18.2 Å². The highest BCUT2D eigenvalue weighted by Gasteiger charge is 2.15. The topological polar surface area (TPSA) is 82.1 Å². The SMILES string of the molecule is CC(O)[C@@H](/C=C/C=C\C(=O)OSS)OCCC1=CC(=O)OC1. The van der Waals surface area contributed by atoms with E-state index in [0.717, 1.165) is 5.57 Å². The predicted molar refractivity (Wildman–Crippen MR) is 86.0 cm³/mol. The monoisotopic (exact) mass is 346 g/mol. The molecule has 0 aromatic carbocycles. The minimum Gasteiger partial charge on any atom is -0.458 e. The summed E-state index contributed by atoms with van der Waals surface area (Å²) in [4.78, 5) is 21.9. The summed E-state index contributed by atoms with van der Waals surface area (Å²) in [6.45, 7) is 2.25. The Hall–Kier alpha value is -1.22. The fraction of sp³-hybridized carbons (Fsp3) is 0.429. The smallest absolute Gasteiger partial charge is 0.343 e. The average molecular weight is 346 g/mol. The van der Waals surface area contributed by atoms with Crippen LogP contribution in [-0.4, -0.2) is 42.5 Å². The van der Waals surface area contributed by atoms with Gasteiger partial charge in [-0.25, -0.2) is 9.59 Å². The van der Waals surface area contributed by atoms with Gasteiger partial charge in [0.15, 0.2) is 0 Å². The first-order valence-corrected chi connectivity index (χ1v) is 8.35. The van der Waals surface area contributed by atoms with E-state index in [0.29, 0.717) is 30.7 Å². The number of hydrogen-bond acceptors (Lipinski definition) is 8. The summed E-state index contributed by atoms with van der Waals surface area (Å²) >= 11 is 4.35. The molecule has 0 spiro atoms. The van der Waals surface area contributed by atoms with Crippen molar-refractivity contribution in [3.63, 3.8) is 0 Å². The van der Waals surface area contributed by atoms with Gasteiger partial charge in [-0.3, -0.25) is 0 Å². The second kappa shape index (κ2) is 10.5. The molecule has 0 aromatic rings. The molecule has 1 aliphatic heterocycles. The molecule has 0 bridgehead atoms. The lowest BCUT2D eigenvalue weighted by atomic mass is 10.2. The lowest BCUT2D eigenvalue weighted by Crippen LogP contribution is -2.24. The number of carbonyl (C=O) groups excluding carboxylic acids is 2. The maximum Gasteiger partial charge on any atom is 0.343 e. The van der Waals surface area contributed by atoms with Crippen molar-refractivity contribution in [3.8, 4) is 0 Å². The van der Waals surface area contributed by atoms with E-state index in [2.05, 4.69) is 15.8 Å². The molecular formula is C14H18O6S2. The first kappa shape index (κ1) is 18.8. The number of carbonyl (C=O) groups is 2. The molecule has 0 radical (unpaired) electrons. The van der Waals surface area contributed by atoms with Gasteiger partial charge in [-0.05, 0) is 18.9 Å². The van der Waals surface area contributed by atoms with Gasteiger partial charge < -0.3 is 18.8 Å². The number of thiol groups is 1. The van der Waals surface area contributed by atoms with Crippen molar-refractivity contribution in [2.24, 2.45) is 0 Å². The van der Waals surface area contributed by atoms with Crippen molar-refractivity contribution in [2.45, 2.75) is 25.6 Å². The molecule has 122 valence electrons. The molecule has 1 N–H and O–H groups in total. The Morgan fingerprint density at radius 2 is 2.36 bits per heavy atom. The molecule has 8 heteroatoms. The Bertz CT molecular complexity index is 470. The number of ether oxygens (including phenoxy) is 2. The van der Waals surface area contributed by atoms with Crippen LogP contribution in [0.4, 0.5) is 0 Å². The molecule has 1 aliphatic rings. The molecule has 0 amide bonds. The number of aliphatic hydroxyl groups is 1. The van der Waals surface area contributed by atoms with Crippen LogP contribution in [0.3, 0.4) is 0 Å². The first-order chi connectivity index (χ1) is 10.5. The molecule has 0 fully saturated rings. The van der Waals surface area contributed by atoms with Crippen LogP contribution in [-0.2, 0) is 23.2 Å². The van der Waals surface area contributed by atoms with Gasteiger partial charge in [-0.15, -0.1) is 0 Å². The first-order valence-electron chi connectivity index (χ1n) is 6.55. The molecule has 22 heavy (non-hydrogen) atoms. The zero-order valence-electron chi connectivity index (χ0n) is 12.0. The Balaban J connectivity index is 2.36. The molecule has 1 rings (SSSR count). The van der Waals surface area contributed by atoms with Crippen molar-refractivity contribution < 1.29 is 28.4 Å². The maximum absolute atomic E-state index is 11.0. The number of hydrogen-bond donors (Lipinski definition) is 2. The highest BCUT2D eigenvalue weighted by molar-refractivity contribution is 8.66. The van der Waals surface area contributed by atoms with Gasteiger partial charge in [0.25, 0.3) is 0 Å². The van der Waals surface area contributed by atoms with Crippen molar-refractivity contribution in [1.29, 1.82) is 0 Å². The third-order valence-corrected chi connectivity index (χ3v) is 3.16. The molecule has 0 aromatic heterocycles. The minimum absolute atomic E-state index is 0.297. The third-order valence-electron chi connectivity index (χ3n) is 2.69. The van der Waals surface area contributed by atoms with E-state index in [4.69, 9.17) is 9.47 Å². The molecule has 1 unspecified atom stereocenters. The number of esters is 1. The fourth-order valence-electron chi connectivity index (χ4n) is 1.61. The third kappa shape index (κ3) is 7.69. The van der Waals surface area contributed by atoms with Gasteiger partial charge in [-0.2, -0.15) is 0 Å². The summed E-state index contributed by atoms with van der Waals surface area (Å²) < 4.78 is 14.8. The van der Waals surface area contributed by atoms with Crippen LogP contribution in [0, 0.1) is 0 Å². The van der Waals surface area contributed by atoms with Gasteiger partial charge >= 0.3 is 11.9 Å². The van der Waals surface area contributed by atoms with Crippen LogP contribution in [0.25, 0.3) is 0 Å². The molecule has 0 aliphatic carbocycles. The van der Waals surface area contributed by atoms with Crippen LogP contribution < -0.4 is 0 Å². The summed E-state index contributed by atoms with van der Waals surface area (Å²) in [6, 6.07) is 0. The molecule has 0 saturated carbocycles. The van der Waals surface area contributed by atoms with Crippen molar-refractivity contribution in [1.82, 2.24) is 0 Å². The normalized spacial score (nSPS) is 17.6. The summed E-state index contributed by atoms with van der Waals surface area (Å²) in [6.07, 6.45) is 6.71. The van der Waals surface area contributed by atoms with Gasteiger partial charge in [0.05, 0.1) is 12.7 Å². The van der Waals surface area contributed by atoms with Crippen LogP contribution in [0.15, 0.2) is 36.0 Å². The maximum atomic E-state index is 11.0. The van der Waals surface area contributed by atoms with Gasteiger partial charge in [0.2, 0.25) is 0 Å². The lowest BCUT2D eigenvalue weighted by Gasteiger charge is -2.16. The van der Waals surface area contributed by atoms with E-state index in [-0.39, 0.29) is 5.97 Å². The average Bonchev–Trinajstić information content (AvgIpc) is 2.87. The number of rotatable bonds is 9.